The number of carbonyl (C=O) groups is 1. The topological polar surface area (TPSA) is 44.8 Å². The van der Waals surface area contributed by atoms with Crippen molar-refractivity contribution in [3.63, 3.8) is 0 Å². The van der Waals surface area contributed by atoms with Crippen molar-refractivity contribution in [2.24, 2.45) is 0 Å². The number of hydrogen-bond acceptors (Lipinski definition) is 4. The first kappa shape index (κ1) is 20.3. The maximum Gasteiger partial charge on any atom is 0.203 e. The van der Waals surface area contributed by atoms with E-state index in [0.717, 1.165) is 11.1 Å². The monoisotopic (exact) mass is 440 g/mol. The van der Waals surface area contributed by atoms with Crippen molar-refractivity contribution in [1.82, 2.24) is 0 Å². The highest BCUT2D eigenvalue weighted by atomic mass is 35.5. The van der Waals surface area contributed by atoms with Gasteiger partial charge in [0.15, 0.2) is 17.3 Å². The van der Waals surface area contributed by atoms with Gasteiger partial charge in [-0.2, -0.15) is 0 Å². The molecule has 4 rings (SSSR count). The molecule has 0 heterocycles. The van der Waals surface area contributed by atoms with Gasteiger partial charge in [-0.25, -0.2) is 0 Å². The van der Waals surface area contributed by atoms with Crippen molar-refractivity contribution >= 4 is 40.6 Å². The fourth-order valence-electron chi connectivity index (χ4n) is 3.78. The molecule has 0 saturated heterocycles. The van der Waals surface area contributed by atoms with Crippen molar-refractivity contribution in [3.8, 4) is 17.2 Å². The molecule has 0 bridgehead atoms. The molecule has 0 radical (unpaired) electrons. The van der Waals surface area contributed by atoms with Gasteiger partial charge >= 0.3 is 0 Å². The molecule has 0 aliphatic heterocycles. The molecule has 0 N–H and O–H groups in total. The number of ketones is 1. The normalized spacial score (nSPS) is 13.6. The fraction of sp³-hybridized carbons (Fsp3) is 0.125. The minimum absolute atomic E-state index is 0.149. The average molecular weight is 441 g/mol. The summed E-state index contributed by atoms with van der Waals surface area (Å²) in [6.07, 6.45) is 1.92. The van der Waals surface area contributed by atoms with Crippen LogP contribution in [0, 0.1) is 0 Å². The van der Waals surface area contributed by atoms with E-state index in [4.69, 9.17) is 37.4 Å². The van der Waals surface area contributed by atoms with Crippen LogP contribution in [0.2, 0.25) is 10.0 Å². The van der Waals surface area contributed by atoms with Crippen LogP contribution < -0.4 is 14.2 Å². The van der Waals surface area contributed by atoms with E-state index in [9.17, 15) is 4.79 Å². The Morgan fingerprint density at radius 1 is 0.733 bits per heavy atom. The molecule has 0 spiro atoms. The molecule has 6 heteroatoms. The second-order valence-electron chi connectivity index (χ2n) is 6.64. The number of fused-ring (bicyclic) bond motifs is 2. The van der Waals surface area contributed by atoms with E-state index in [0.29, 0.717) is 49.5 Å². The van der Waals surface area contributed by atoms with Crippen molar-refractivity contribution in [3.05, 3.63) is 86.4 Å². The number of methoxy groups -OCH3 is 3. The number of hydrogen-bond donors (Lipinski definition) is 0. The summed E-state index contributed by atoms with van der Waals surface area (Å²) in [5.41, 5.74) is 3.86. The summed E-state index contributed by atoms with van der Waals surface area (Å²) in [7, 11) is 4.68. The van der Waals surface area contributed by atoms with Gasteiger partial charge in [-0.3, -0.25) is 4.79 Å². The van der Waals surface area contributed by atoms with Crippen molar-refractivity contribution in [1.29, 1.82) is 0 Å². The summed E-state index contributed by atoms with van der Waals surface area (Å²) in [5, 5.41) is 0.880. The Balaban J connectivity index is 2.06. The fourth-order valence-corrected chi connectivity index (χ4v) is 4.32. The third-order valence-corrected chi connectivity index (χ3v) is 5.72. The van der Waals surface area contributed by atoms with Gasteiger partial charge in [-0.15, -0.1) is 0 Å². The zero-order chi connectivity index (χ0) is 21.4. The third kappa shape index (κ3) is 3.13. The Labute approximate surface area is 184 Å². The van der Waals surface area contributed by atoms with Crippen LogP contribution in [0.1, 0.15) is 32.6 Å². The van der Waals surface area contributed by atoms with Crippen LogP contribution in [0.3, 0.4) is 0 Å². The second-order valence-corrected chi connectivity index (χ2v) is 7.45. The Morgan fingerprint density at radius 3 is 2.00 bits per heavy atom. The SMILES string of the molecule is COc1ccc(/C=C2/c3cccc(Cl)c3C(=O)c3cccc(Cl)c32)c(OC)c1OC. The molecule has 152 valence electrons. The minimum Gasteiger partial charge on any atom is -0.493 e. The summed E-state index contributed by atoms with van der Waals surface area (Å²) >= 11 is 13.0. The smallest absolute Gasteiger partial charge is 0.203 e. The standard InChI is InChI=1S/C24H18Cl2O4/c1-28-19-11-10-13(23(29-2)24(19)30-3)12-16-14-6-4-9-18(26)21(14)22(27)15-7-5-8-17(25)20(15)16/h4-12H,1-3H3/b16-12-. The average Bonchev–Trinajstić information content (AvgIpc) is 2.75. The Morgan fingerprint density at radius 2 is 1.37 bits per heavy atom. The molecule has 0 atom stereocenters. The van der Waals surface area contributed by atoms with E-state index in [1.54, 1.807) is 51.7 Å². The first-order valence-electron chi connectivity index (χ1n) is 9.15. The van der Waals surface area contributed by atoms with E-state index in [-0.39, 0.29) is 5.78 Å². The number of ether oxygens (including phenoxy) is 3. The predicted octanol–water partition coefficient (Wildman–Crippen LogP) is 6.15. The molecule has 1 aliphatic carbocycles. The van der Waals surface area contributed by atoms with Crippen LogP contribution in [-0.2, 0) is 0 Å². The largest absolute Gasteiger partial charge is 0.493 e. The molecule has 3 aromatic carbocycles. The van der Waals surface area contributed by atoms with E-state index >= 15 is 0 Å². The molecule has 1 aliphatic rings. The van der Waals surface area contributed by atoms with E-state index in [1.807, 2.05) is 24.3 Å². The minimum atomic E-state index is -0.149. The first-order valence-corrected chi connectivity index (χ1v) is 9.90. The lowest BCUT2D eigenvalue weighted by Gasteiger charge is -2.24. The van der Waals surface area contributed by atoms with Crippen LogP contribution >= 0.6 is 23.2 Å². The van der Waals surface area contributed by atoms with Crippen LogP contribution in [0.5, 0.6) is 17.2 Å². The first-order chi connectivity index (χ1) is 14.5. The van der Waals surface area contributed by atoms with Gasteiger partial charge in [0, 0.05) is 27.3 Å². The predicted molar refractivity (Wildman–Crippen MR) is 119 cm³/mol. The summed E-state index contributed by atoms with van der Waals surface area (Å²) in [4.78, 5) is 13.2. The Kier molecular flexibility index (Phi) is 5.46. The van der Waals surface area contributed by atoms with Gasteiger partial charge in [0.25, 0.3) is 0 Å². The van der Waals surface area contributed by atoms with Crippen molar-refractivity contribution in [2.75, 3.05) is 21.3 Å². The third-order valence-electron chi connectivity index (χ3n) is 5.09. The lowest BCUT2D eigenvalue weighted by atomic mass is 9.80. The number of carbonyl (C=O) groups excluding carboxylic acids is 1. The van der Waals surface area contributed by atoms with E-state index in [2.05, 4.69) is 0 Å². The molecule has 0 amide bonds. The second kappa shape index (κ2) is 8.05. The van der Waals surface area contributed by atoms with Crippen LogP contribution in [0.4, 0.5) is 0 Å². The van der Waals surface area contributed by atoms with Gasteiger partial charge in [0.2, 0.25) is 5.75 Å². The highest BCUT2D eigenvalue weighted by molar-refractivity contribution is 6.39. The maximum absolute atomic E-state index is 13.2. The summed E-state index contributed by atoms with van der Waals surface area (Å²) in [6.45, 7) is 0. The molecule has 0 saturated carbocycles. The molecule has 0 aromatic heterocycles. The lowest BCUT2D eigenvalue weighted by molar-refractivity contribution is 0.103. The Hall–Kier alpha value is -2.95. The van der Waals surface area contributed by atoms with Crippen LogP contribution in [0.25, 0.3) is 11.6 Å². The van der Waals surface area contributed by atoms with Crippen LogP contribution in [0.15, 0.2) is 48.5 Å². The number of benzene rings is 3. The van der Waals surface area contributed by atoms with Gasteiger partial charge in [-0.05, 0) is 41.5 Å². The molecule has 4 nitrogen and oxygen atoms in total. The molecule has 30 heavy (non-hydrogen) atoms. The van der Waals surface area contributed by atoms with Gasteiger partial charge < -0.3 is 14.2 Å². The quantitative estimate of drug-likeness (QED) is 0.381. The highest BCUT2D eigenvalue weighted by Gasteiger charge is 2.30. The zero-order valence-corrected chi connectivity index (χ0v) is 18.1. The van der Waals surface area contributed by atoms with Gasteiger partial charge in [0.05, 0.1) is 26.4 Å². The molecular weight excluding hydrogens is 423 g/mol. The lowest BCUT2D eigenvalue weighted by Crippen LogP contribution is -2.15. The molecule has 3 aromatic rings. The van der Waals surface area contributed by atoms with Gasteiger partial charge in [-0.1, -0.05) is 47.5 Å². The zero-order valence-electron chi connectivity index (χ0n) is 16.6. The Bertz CT molecular complexity index is 1200. The van der Waals surface area contributed by atoms with Crippen molar-refractivity contribution in [2.45, 2.75) is 0 Å². The molecular formula is C24H18Cl2O4. The van der Waals surface area contributed by atoms with Gasteiger partial charge in [0.1, 0.15) is 0 Å². The number of rotatable bonds is 4. The molecule has 0 fully saturated rings. The molecule has 0 unspecified atom stereocenters. The number of halogens is 2. The summed E-state index contributed by atoms with van der Waals surface area (Å²) in [6, 6.07) is 14.3. The van der Waals surface area contributed by atoms with Crippen molar-refractivity contribution < 1.29 is 19.0 Å². The highest BCUT2D eigenvalue weighted by Crippen LogP contribution is 2.45. The maximum atomic E-state index is 13.2. The summed E-state index contributed by atoms with van der Waals surface area (Å²) in [5.74, 6) is 1.40. The van der Waals surface area contributed by atoms with E-state index in [1.165, 1.54) is 0 Å². The van der Waals surface area contributed by atoms with Crippen LogP contribution in [-0.4, -0.2) is 27.1 Å². The van der Waals surface area contributed by atoms with E-state index < -0.39 is 0 Å². The summed E-state index contributed by atoms with van der Waals surface area (Å²) < 4.78 is 16.5.